The Balaban J connectivity index is 0.00000484. The number of hydrogen-bond acceptors (Lipinski definition) is 1. The predicted molar refractivity (Wildman–Crippen MR) is 97.3 cm³/mol. The maximum atomic E-state index is 5.47. The number of morpholine rings is 1. The van der Waals surface area contributed by atoms with E-state index < -0.39 is 0 Å². The fourth-order valence-corrected chi connectivity index (χ4v) is 3.52. The van der Waals surface area contributed by atoms with E-state index in [4.69, 9.17) is 4.74 Å². The van der Waals surface area contributed by atoms with Crippen LogP contribution in [0.15, 0.2) is 0 Å². The molecule has 1 aliphatic rings. The van der Waals surface area contributed by atoms with Crippen LogP contribution >= 0.6 is 0 Å². The van der Waals surface area contributed by atoms with Gasteiger partial charge in [-0.15, -0.1) is 0 Å². The van der Waals surface area contributed by atoms with Crippen LogP contribution in [0.1, 0.15) is 90.4 Å². The summed E-state index contributed by atoms with van der Waals surface area (Å²) < 4.78 is 6.72. The fourth-order valence-electron chi connectivity index (χ4n) is 3.52. The Bertz CT molecular complexity index is 242. The summed E-state index contributed by atoms with van der Waals surface area (Å²) >= 11 is 0. The molecular weight excluding hydrogens is 350 g/mol. The van der Waals surface area contributed by atoms with Crippen molar-refractivity contribution in [2.75, 3.05) is 39.9 Å². The van der Waals surface area contributed by atoms with Crippen molar-refractivity contribution in [3.05, 3.63) is 0 Å². The van der Waals surface area contributed by atoms with Crippen LogP contribution < -0.4 is 17.0 Å². The molecule has 0 aromatic carbocycles. The largest absolute Gasteiger partial charge is 1.00 e. The predicted octanol–water partition coefficient (Wildman–Crippen LogP) is 2.56. The molecule has 1 saturated heterocycles. The number of hydrogen-bond donors (Lipinski definition) is 0. The highest BCUT2D eigenvalue weighted by Gasteiger charge is 2.23. The molecule has 0 bridgehead atoms. The lowest BCUT2D eigenvalue weighted by molar-refractivity contribution is -0.917. The number of unbranched alkanes of at least 4 members (excludes halogenated alkanes) is 12. The van der Waals surface area contributed by atoms with Crippen LogP contribution in [-0.4, -0.2) is 44.4 Å². The maximum absolute atomic E-state index is 5.47. The summed E-state index contributed by atoms with van der Waals surface area (Å²) in [5, 5.41) is 0. The molecule has 3 heteroatoms. The smallest absolute Gasteiger partial charge is 0.102 e. The van der Waals surface area contributed by atoms with E-state index in [-0.39, 0.29) is 17.0 Å². The highest BCUT2D eigenvalue weighted by Crippen LogP contribution is 2.14. The summed E-state index contributed by atoms with van der Waals surface area (Å²) in [5.41, 5.74) is 0. The molecule has 0 radical (unpaired) electrons. The van der Waals surface area contributed by atoms with E-state index >= 15 is 0 Å². The molecule has 0 saturated carbocycles. The average Bonchev–Trinajstić information content (AvgIpc) is 2.52. The molecule has 0 aliphatic carbocycles. The van der Waals surface area contributed by atoms with Gasteiger partial charge in [-0.2, -0.15) is 0 Å². The van der Waals surface area contributed by atoms with Crippen molar-refractivity contribution in [2.24, 2.45) is 0 Å². The van der Waals surface area contributed by atoms with Crippen molar-refractivity contribution in [1.29, 1.82) is 0 Å². The Kier molecular flexibility index (Phi) is 16.2. The number of ether oxygens (including phenoxy) is 1. The number of quaternary nitrogens is 1. The summed E-state index contributed by atoms with van der Waals surface area (Å²) in [6, 6.07) is 0. The molecule has 0 aromatic rings. The Morgan fingerprint density at radius 3 is 1.48 bits per heavy atom. The van der Waals surface area contributed by atoms with Crippen LogP contribution in [0, 0.1) is 0 Å². The zero-order valence-corrected chi connectivity index (χ0v) is 17.5. The summed E-state index contributed by atoms with van der Waals surface area (Å²) in [4.78, 5) is 0. The monoisotopic (exact) mass is 391 g/mol. The molecule has 1 fully saturated rings. The van der Waals surface area contributed by atoms with Crippen molar-refractivity contribution >= 4 is 0 Å². The van der Waals surface area contributed by atoms with Crippen LogP contribution in [0.2, 0.25) is 0 Å². The van der Waals surface area contributed by atoms with E-state index in [1.807, 2.05) is 0 Å². The van der Waals surface area contributed by atoms with Gasteiger partial charge in [0, 0.05) is 0 Å². The molecule has 0 N–H and O–H groups in total. The minimum absolute atomic E-state index is 0. The van der Waals surface area contributed by atoms with Crippen LogP contribution in [-0.2, 0) is 4.74 Å². The summed E-state index contributed by atoms with van der Waals surface area (Å²) in [6.07, 6.45) is 18.8. The summed E-state index contributed by atoms with van der Waals surface area (Å²) in [6.45, 7) is 8.03. The zero-order chi connectivity index (χ0) is 15.9. The van der Waals surface area contributed by atoms with Gasteiger partial charge in [0.2, 0.25) is 0 Å². The van der Waals surface area contributed by atoms with Gasteiger partial charge in [0.15, 0.2) is 0 Å². The Morgan fingerprint density at radius 1 is 0.652 bits per heavy atom. The van der Waals surface area contributed by atoms with Gasteiger partial charge in [-0.3, -0.25) is 0 Å². The molecule has 0 aromatic heterocycles. The number of likely N-dealkylation sites (N-methyl/N-ethyl adjacent to an activating group) is 1. The molecule has 0 unspecified atom stereocenters. The molecular formula is C20H42BrNO. The van der Waals surface area contributed by atoms with E-state index in [0.29, 0.717) is 0 Å². The van der Waals surface area contributed by atoms with Crippen LogP contribution in [0.4, 0.5) is 0 Å². The minimum Gasteiger partial charge on any atom is -1.00 e. The molecule has 140 valence electrons. The lowest BCUT2D eigenvalue weighted by Gasteiger charge is -2.37. The molecule has 0 spiro atoms. The van der Waals surface area contributed by atoms with Gasteiger partial charge in [-0.1, -0.05) is 77.6 Å². The molecule has 1 aliphatic heterocycles. The minimum atomic E-state index is 0. The quantitative estimate of drug-likeness (QED) is 0.326. The van der Waals surface area contributed by atoms with Crippen LogP contribution in [0.25, 0.3) is 0 Å². The topological polar surface area (TPSA) is 9.23 Å². The molecule has 1 heterocycles. The fraction of sp³-hybridized carbons (Fsp3) is 1.00. The zero-order valence-electron chi connectivity index (χ0n) is 16.0. The van der Waals surface area contributed by atoms with Crippen molar-refractivity contribution in [3.63, 3.8) is 0 Å². The van der Waals surface area contributed by atoms with Gasteiger partial charge in [-0.05, 0) is 12.8 Å². The summed E-state index contributed by atoms with van der Waals surface area (Å²) in [5.74, 6) is 0. The SMILES string of the molecule is CCCCCCCCCCCCCCC[N+]1(C)CCOCC1.[Br-]. The molecule has 1 rings (SSSR count). The highest BCUT2D eigenvalue weighted by atomic mass is 79.9. The van der Waals surface area contributed by atoms with E-state index in [0.717, 1.165) is 13.2 Å². The summed E-state index contributed by atoms with van der Waals surface area (Å²) in [7, 11) is 2.41. The van der Waals surface area contributed by atoms with Crippen LogP contribution in [0.5, 0.6) is 0 Å². The van der Waals surface area contributed by atoms with Gasteiger partial charge in [0.05, 0.1) is 26.8 Å². The van der Waals surface area contributed by atoms with Gasteiger partial charge in [-0.25, -0.2) is 0 Å². The van der Waals surface area contributed by atoms with Crippen molar-refractivity contribution < 1.29 is 26.2 Å². The second-order valence-electron chi connectivity index (χ2n) is 7.65. The van der Waals surface area contributed by atoms with E-state index in [1.165, 1.54) is 108 Å². The second-order valence-corrected chi connectivity index (χ2v) is 7.65. The lowest BCUT2D eigenvalue weighted by atomic mass is 10.0. The maximum Gasteiger partial charge on any atom is 0.102 e. The number of halogens is 1. The first-order valence-corrected chi connectivity index (χ1v) is 10.2. The Labute approximate surface area is 156 Å². The first kappa shape index (κ1) is 23.4. The van der Waals surface area contributed by atoms with Gasteiger partial charge in [0.1, 0.15) is 13.1 Å². The first-order valence-electron chi connectivity index (χ1n) is 10.2. The van der Waals surface area contributed by atoms with Crippen LogP contribution in [0.3, 0.4) is 0 Å². The van der Waals surface area contributed by atoms with Gasteiger partial charge in [0.25, 0.3) is 0 Å². The number of rotatable bonds is 14. The van der Waals surface area contributed by atoms with E-state index in [9.17, 15) is 0 Å². The normalized spacial score (nSPS) is 17.0. The van der Waals surface area contributed by atoms with Crippen molar-refractivity contribution in [3.8, 4) is 0 Å². The third kappa shape index (κ3) is 13.4. The Morgan fingerprint density at radius 2 is 1.04 bits per heavy atom. The van der Waals surface area contributed by atoms with Gasteiger partial charge < -0.3 is 26.2 Å². The van der Waals surface area contributed by atoms with Crippen molar-refractivity contribution in [1.82, 2.24) is 0 Å². The van der Waals surface area contributed by atoms with Gasteiger partial charge >= 0.3 is 0 Å². The first-order chi connectivity index (χ1) is 10.8. The number of nitrogens with zero attached hydrogens (tertiary/aromatic N) is 1. The second kappa shape index (κ2) is 15.9. The third-order valence-electron chi connectivity index (χ3n) is 5.35. The third-order valence-corrected chi connectivity index (χ3v) is 5.35. The standard InChI is InChI=1S/C20H42NO.BrH/c1-3-4-5-6-7-8-9-10-11-12-13-14-15-16-21(2)17-19-22-20-18-21;/h3-20H2,1-2H3;1H/q+1;/p-1. The lowest BCUT2D eigenvalue weighted by Crippen LogP contribution is -3.00. The van der Waals surface area contributed by atoms with E-state index in [2.05, 4.69) is 14.0 Å². The van der Waals surface area contributed by atoms with E-state index in [1.54, 1.807) is 0 Å². The Hall–Kier alpha value is 0.400. The molecule has 0 amide bonds. The molecule has 2 nitrogen and oxygen atoms in total. The molecule has 0 atom stereocenters. The highest BCUT2D eigenvalue weighted by molar-refractivity contribution is 4.51. The molecule has 23 heavy (non-hydrogen) atoms. The van der Waals surface area contributed by atoms with Crippen molar-refractivity contribution in [2.45, 2.75) is 90.4 Å². The average molecular weight is 392 g/mol.